The van der Waals surface area contributed by atoms with E-state index in [2.05, 4.69) is 0 Å². The van der Waals surface area contributed by atoms with Crippen LogP contribution in [0.15, 0.2) is 0 Å². The Kier molecular flexibility index (Phi) is 2.95. The highest BCUT2D eigenvalue weighted by molar-refractivity contribution is 6.40. The van der Waals surface area contributed by atoms with Crippen LogP contribution in [0.3, 0.4) is 0 Å². The van der Waals surface area contributed by atoms with Gasteiger partial charge in [-0.25, -0.2) is 0 Å². The van der Waals surface area contributed by atoms with Crippen molar-refractivity contribution < 1.29 is 19.9 Å². The molecule has 1 fully saturated rings. The van der Waals surface area contributed by atoms with Gasteiger partial charge >= 0.3 is 13.1 Å². The highest BCUT2D eigenvalue weighted by Crippen LogP contribution is 2.38. The molecule has 0 amide bonds. The molecular formula is C7H14BNO4. The average molecular weight is 187 g/mol. The van der Waals surface area contributed by atoms with Gasteiger partial charge in [-0.15, -0.1) is 0 Å². The van der Waals surface area contributed by atoms with Crippen LogP contribution < -0.4 is 5.73 Å². The predicted molar refractivity (Wildman–Crippen MR) is 46.9 cm³/mol. The zero-order chi connectivity index (χ0) is 10.1. The van der Waals surface area contributed by atoms with Gasteiger partial charge in [-0.2, -0.15) is 0 Å². The molecule has 1 rings (SSSR count). The van der Waals surface area contributed by atoms with Gasteiger partial charge in [0.25, 0.3) is 0 Å². The number of hydrogen-bond acceptors (Lipinski definition) is 4. The Morgan fingerprint density at radius 2 is 2.08 bits per heavy atom. The van der Waals surface area contributed by atoms with Crippen LogP contribution in [0.5, 0.6) is 0 Å². The summed E-state index contributed by atoms with van der Waals surface area (Å²) < 4.78 is 0. The van der Waals surface area contributed by atoms with E-state index in [0.717, 1.165) is 0 Å². The second-order valence-corrected chi connectivity index (χ2v) is 3.79. The van der Waals surface area contributed by atoms with Crippen LogP contribution in [0.25, 0.3) is 0 Å². The molecular weight excluding hydrogens is 173 g/mol. The van der Waals surface area contributed by atoms with Crippen molar-refractivity contribution in [3.8, 4) is 0 Å². The number of carboxylic acid groups (broad SMARTS) is 1. The number of aliphatic carboxylic acids is 1. The van der Waals surface area contributed by atoms with E-state index in [0.29, 0.717) is 25.6 Å². The minimum Gasteiger partial charge on any atom is -0.480 e. The molecule has 0 aromatic rings. The minimum absolute atomic E-state index is 0.225. The highest BCUT2D eigenvalue weighted by atomic mass is 16.4. The molecule has 0 spiro atoms. The zero-order valence-corrected chi connectivity index (χ0v) is 7.31. The minimum atomic E-state index is -1.29. The second kappa shape index (κ2) is 3.65. The molecule has 1 aliphatic rings. The predicted octanol–water partition coefficient (Wildman–Crippen LogP) is -0.959. The lowest BCUT2D eigenvalue weighted by Crippen LogP contribution is -2.57. The Bertz CT molecular complexity index is 203. The summed E-state index contributed by atoms with van der Waals surface area (Å²) in [6.07, 6.45) is 1.80. The third-order valence-corrected chi connectivity index (χ3v) is 2.56. The standard InChI is InChI=1S/C7H14BNO4/c9-7(6(10)11)3-5(4-7)1-2-8(12)13/h5,12-13H,1-4,9H2,(H,10,11). The van der Waals surface area contributed by atoms with E-state index in [1.54, 1.807) is 0 Å². The Morgan fingerprint density at radius 1 is 1.54 bits per heavy atom. The van der Waals surface area contributed by atoms with Crippen LogP contribution in [0.4, 0.5) is 0 Å². The van der Waals surface area contributed by atoms with Crippen molar-refractivity contribution in [3.63, 3.8) is 0 Å². The molecule has 0 unspecified atom stereocenters. The summed E-state index contributed by atoms with van der Waals surface area (Å²) in [4.78, 5) is 10.6. The molecule has 13 heavy (non-hydrogen) atoms. The Morgan fingerprint density at radius 3 is 2.46 bits per heavy atom. The number of rotatable bonds is 4. The molecule has 5 N–H and O–H groups in total. The monoisotopic (exact) mass is 187 g/mol. The summed E-state index contributed by atoms with van der Waals surface area (Å²) in [5.74, 6) is -0.740. The van der Waals surface area contributed by atoms with Gasteiger partial charge in [0.1, 0.15) is 5.54 Å². The maximum atomic E-state index is 10.6. The van der Waals surface area contributed by atoms with Crippen molar-refractivity contribution in [3.05, 3.63) is 0 Å². The SMILES string of the molecule is NC1(C(=O)O)CC(CCB(O)O)C1. The van der Waals surface area contributed by atoms with Gasteiger partial charge in [-0.3, -0.25) is 4.79 Å². The van der Waals surface area contributed by atoms with E-state index < -0.39 is 18.6 Å². The molecule has 0 aliphatic heterocycles. The largest absolute Gasteiger partial charge is 0.480 e. The van der Waals surface area contributed by atoms with E-state index in [4.69, 9.17) is 20.9 Å². The fourth-order valence-electron chi connectivity index (χ4n) is 1.73. The topological polar surface area (TPSA) is 104 Å². The summed E-state index contributed by atoms with van der Waals surface area (Å²) >= 11 is 0. The first-order valence-corrected chi connectivity index (χ1v) is 4.32. The van der Waals surface area contributed by atoms with Crippen LogP contribution >= 0.6 is 0 Å². The van der Waals surface area contributed by atoms with E-state index in [1.807, 2.05) is 0 Å². The molecule has 0 radical (unpaired) electrons. The Hall–Kier alpha value is -0.585. The maximum absolute atomic E-state index is 10.6. The van der Waals surface area contributed by atoms with Gasteiger partial charge in [0.2, 0.25) is 0 Å². The number of carboxylic acids is 1. The van der Waals surface area contributed by atoms with Crippen molar-refractivity contribution in [2.45, 2.75) is 31.1 Å². The van der Waals surface area contributed by atoms with Crippen LogP contribution in [0, 0.1) is 5.92 Å². The third-order valence-electron chi connectivity index (χ3n) is 2.56. The van der Waals surface area contributed by atoms with Crippen molar-refractivity contribution in [2.24, 2.45) is 11.7 Å². The van der Waals surface area contributed by atoms with Crippen LogP contribution in [-0.4, -0.2) is 33.8 Å². The average Bonchev–Trinajstić information content (AvgIpc) is 1.95. The molecule has 0 aromatic carbocycles. The molecule has 0 atom stereocenters. The number of carbonyl (C=O) groups is 1. The molecule has 0 saturated heterocycles. The molecule has 6 heteroatoms. The van der Waals surface area contributed by atoms with Crippen LogP contribution in [-0.2, 0) is 4.79 Å². The van der Waals surface area contributed by atoms with Crippen LogP contribution in [0.2, 0.25) is 6.32 Å². The van der Waals surface area contributed by atoms with Crippen molar-refractivity contribution in [2.75, 3.05) is 0 Å². The van der Waals surface area contributed by atoms with Crippen molar-refractivity contribution in [1.29, 1.82) is 0 Å². The summed E-state index contributed by atoms with van der Waals surface area (Å²) in [6.45, 7) is 0. The molecule has 0 heterocycles. The quantitative estimate of drug-likeness (QED) is 0.424. The van der Waals surface area contributed by atoms with E-state index in [-0.39, 0.29) is 5.92 Å². The van der Waals surface area contributed by atoms with Gasteiger partial charge in [-0.05, 0) is 25.1 Å². The van der Waals surface area contributed by atoms with E-state index in [9.17, 15) is 4.79 Å². The molecule has 1 saturated carbocycles. The first-order valence-electron chi connectivity index (χ1n) is 4.32. The Balaban J connectivity index is 2.21. The lowest BCUT2D eigenvalue weighted by atomic mass is 9.65. The van der Waals surface area contributed by atoms with Gasteiger partial charge < -0.3 is 20.9 Å². The molecule has 74 valence electrons. The van der Waals surface area contributed by atoms with Gasteiger partial charge in [0.05, 0.1) is 0 Å². The molecule has 0 bridgehead atoms. The summed E-state index contributed by atoms with van der Waals surface area (Å²) in [6, 6.07) is 0. The maximum Gasteiger partial charge on any atom is 0.451 e. The lowest BCUT2D eigenvalue weighted by molar-refractivity contribution is -0.148. The fourth-order valence-corrected chi connectivity index (χ4v) is 1.73. The van der Waals surface area contributed by atoms with E-state index >= 15 is 0 Å². The fraction of sp³-hybridized carbons (Fsp3) is 0.857. The first-order chi connectivity index (χ1) is 5.94. The highest BCUT2D eigenvalue weighted by Gasteiger charge is 2.46. The summed E-state index contributed by atoms with van der Waals surface area (Å²) in [7, 11) is -1.29. The number of nitrogens with two attached hydrogens (primary N) is 1. The molecule has 0 aromatic heterocycles. The normalized spacial score (nSPS) is 32.4. The Labute approximate surface area is 76.7 Å². The smallest absolute Gasteiger partial charge is 0.451 e. The van der Waals surface area contributed by atoms with Crippen molar-refractivity contribution >= 4 is 13.1 Å². The summed E-state index contributed by atoms with van der Waals surface area (Å²) in [5, 5.41) is 25.8. The summed E-state index contributed by atoms with van der Waals surface area (Å²) in [5.41, 5.74) is 4.45. The molecule has 5 nitrogen and oxygen atoms in total. The first kappa shape index (κ1) is 10.5. The lowest BCUT2D eigenvalue weighted by Gasteiger charge is -2.41. The van der Waals surface area contributed by atoms with Gasteiger partial charge in [0.15, 0.2) is 0 Å². The van der Waals surface area contributed by atoms with Crippen LogP contribution in [0.1, 0.15) is 19.3 Å². The number of hydrogen-bond donors (Lipinski definition) is 4. The van der Waals surface area contributed by atoms with Crippen molar-refractivity contribution in [1.82, 2.24) is 0 Å². The van der Waals surface area contributed by atoms with Gasteiger partial charge in [-0.1, -0.05) is 6.42 Å². The van der Waals surface area contributed by atoms with E-state index in [1.165, 1.54) is 0 Å². The zero-order valence-electron chi connectivity index (χ0n) is 7.31. The second-order valence-electron chi connectivity index (χ2n) is 3.79. The molecule has 1 aliphatic carbocycles. The third kappa shape index (κ3) is 2.43. The van der Waals surface area contributed by atoms with Gasteiger partial charge in [0, 0.05) is 0 Å².